The Morgan fingerprint density at radius 2 is 1.95 bits per heavy atom. The smallest absolute Gasteiger partial charge is 0.160 e. The first-order valence-corrected chi connectivity index (χ1v) is 7.29. The summed E-state index contributed by atoms with van der Waals surface area (Å²) < 4.78 is 10.6. The maximum absolute atomic E-state index is 5.94. The van der Waals surface area contributed by atoms with Gasteiger partial charge in [-0.2, -0.15) is 0 Å². The van der Waals surface area contributed by atoms with Crippen molar-refractivity contribution >= 4 is 11.3 Å². The van der Waals surface area contributed by atoms with Gasteiger partial charge in [-0.25, -0.2) is 4.98 Å². The Balaban J connectivity index is 2.24. The zero-order chi connectivity index (χ0) is 14.7. The van der Waals surface area contributed by atoms with Crippen molar-refractivity contribution in [3.8, 4) is 11.5 Å². The molecule has 20 heavy (non-hydrogen) atoms. The van der Waals surface area contributed by atoms with Crippen molar-refractivity contribution in [1.82, 2.24) is 4.98 Å². The average Bonchev–Trinajstić information content (AvgIpc) is 2.79. The van der Waals surface area contributed by atoms with Gasteiger partial charge in [0.15, 0.2) is 11.5 Å². The van der Waals surface area contributed by atoms with Crippen molar-refractivity contribution in [2.75, 3.05) is 14.2 Å². The van der Waals surface area contributed by atoms with Crippen LogP contribution in [0.4, 0.5) is 0 Å². The van der Waals surface area contributed by atoms with E-state index in [4.69, 9.17) is 15.2 Å². The first-order chi connectivity index (χ1) is 9.55. The molecule has 0 radical (unpaired) electrons. The van der Waals surface area contributed by atoms with E-state index >= 15 is 0 Å². The predicted octanol–water partition coefficient (Wildman–Crippen LogP) is 3.08. The Hall–Kier alpha value is -1.59. The summed E-state index contributed by atoms with van der Waals surface area (Å²) in [7, 11) is 3.28. The van der Waals surface area contributed by atoms with Crippen LogP contribution in [0.5, 0.6) is 11.5 Å². The molecular weight excluding hydrogens is 272 g/mol. The Labute approximate surface area is 123 Å². The molecule has 5 heteroatoms. The van der Waals surface area contributed by atoms with Gasteiger partial charge in [0.05, 0.1) is 24.9 Å². The van der Waals surface area contributed by atoms with Crippen LogP contribution in [0.25, 0.3) is 0 Å². The SMILES string of the molecule is COc1ccc(Cc2nc(C)c([C@@H](C)N)s2)cc1OC. The number of rotatable bonds is 5. The van der Waals surface area contributed by atoms with E-state index in [-0.39, 0.29) is 6.04 Å². The summed E-state index contributed by atoms with van der Waals surface area (Å²) in [4.78, 5) is 5.74. The van der Waals surface area contributed by atoms with Crippen LogP contribution >= 0.6 is 11.3 Å². The Morgan fingerprint density at radius 3 is 2.50 bits per heavy atom. The van der Waals surface area contributed by atoms with Crippen LogP contribution in [0, 0.1) is 6.92 Å². The second-order valence-electron chi connectivity index (χ2n) is 4.71. The summed E-state index contributed by atoms with van der Waals surface area (Å²) in [6, 6.07) is 5.97. The standard InChI is InChI=1S/C15H20N2O2S/c1-9(16)15-10(2)17-14(20-15)8-11-5-6-12(18-3)13(7-11)19-4/h5-7,9H,8,16H2,1-4H3/t9-/m1/s1. The number of aromatic nitrogens is 1. The Morgan fingerprint density at radius 1 is 1.25 bits per heavy atom. The van der Waals surface area contributed by atoms with Crippen molar-refractivity contribution < 1.29 is 9.47 Å². The van der Waals surface area contributed by atoms with Gasteiger partial charge >= 0.3 is 0 Å². The zero-order valence-corrected chi connectivity index (χ0v) is 13.1. The lowest BCUT2D eigenvalue weighted by Crippen LogP contribution is -2.03. The lowest BCUT2D eigenvalue weighted by atomic mass is 10.1. The first kappa shape index (κ1) is 14.8. The largest absolute Gasteiger partial charge is 0.493 e. The van der Waals surface area contributed by atoms with Crippen molar-refractivity contribution in [3.05, 3.63) is 39.3 Å². The van der Waals surface area contributed by atoms with E-state index in [0.717, 1.165) is 39.1 Å². The van der Waals surface area contributed by atoms with Gasteiger partial charge in [0, 0.05) is 17.3 Å². The number of nitrogens with zero attached hydrogens (tertiary/aromatic N) is 1. The number of aryl methyl sites for hydroxylation is 1. The second kappa shape index (κ2) is 6.24. The molecule has 0 spiro atoms. The van der Waals surface area contributed by atoms with E-state index in [9.17, 15) is 0 Å². The third-order valence-electron chi connectivity index (χ3n) is 3.09. The minimum atomic E-state index is 0.0339. The quantitative estimate of drug-likeness (QED) is 0.920. The third-order valence-corrected chi connectivity index (χ3v) is 4.45. The van der Waals surface area contributed by atoms with E-state index in [1.54, 1.807) is 25.6 Å². The molecule has 2 rings (SSSR count). The normalized spacial score (nSPS) is 12.2. The molecule has 1 heterocycles. The molecule has 1 atom stereocenters. The molecule has 0 aliphatic heterocycles. The molecule has 1 aromatic carbocycles. The van der Waals surface area contributed by atoms with Gasteiger partial charge in [-0.3, -0.25) is 0 Å². The van der Waals surface area contributed by atoms with Crippen molar-refractivity contribution in [2.24, 2.45) is 5.73 Å². The molecule has 1 aromatic heterocycles. The number of hydrogen-bond donors (Lipinski definition) is 1. The van der Waals surface area contributed by atoms with Gasteiger partial charge < -0.3 is 15.2 Å². The van der Waals surface area contributed by atoms with Crippen molar-refractivity contribution in [1.29, 1.82) is 0 Å². The van der Waals surface area contributed by atoms with Crippen LogP contribution in [-0.4, -0.2) is 19.2 Å². The topological polar surface area (TPSA) is 57.4 Å². The van der Waals surface area contributed by atoms with Gasteiger partial charge in [-0.05, 0) is 31.5 Å². The predicted molar refractivity (Wildman–Crippen MR) is 81.8 cm³/mol. The second-order valence-corrected chi connectivity index (χ2v) is 5.83. The minimum absolute atomic E-state index is 0.0339. The number of hydrogen-bond acceptors (Lipinski definition) is 5. The molecule has 0 bridgehead atoms. The summed E-state index contributed by atoms with van der Waals surface area (Å²) in [5, 5.41) is 1.07. The molecule has 4 nitrogen and oxygen atoms in total. The molecule has 0 saturated carbocycles. The molecule has 0 amide bonds. The van der Waals surface area contributed by atoms with Crippen LogP contribution in [-0.2, 0) is 6.42 Å². The van der Waals surface area contributed by atoms with Crippen LogP contribution in [0.15, 0.2) is 18.2 Å². The van der Waals surface area contributed by atoms with E-state index in [1.807, 2.05) is 32.0 Å². The van der Waals surface area contributed by atoms with Gasteiger partial charge in [0.2, 0.25) is 0 Å². The highest BCUT2D eigenvalue weighted by atomic mass is 32.1. The molecule has 0 saturated heterocycles. The molecule has 2 N–H and O–H groups in total. The maximum Gasteiger partial charge on any atom is 0.160 e. The van der Waals surface area contributed by atoms with E-state index in [0.29, 0.717) is 0 Å². The van der Waals surface area contributed by atoms with E-state index < -0.39 is 0 Å². The maximum atomic E-state index is 5.94. The molecular formula is C15H20N2O2S. The Bertz CT molecular complexity index is 594. The van der Waals surface area contributed by atoms with Crippen LogP contribution in [0.2, 0.25) is 0 Å². The summed E-state index contributed by atoms with van der Waals surface area (Å²) in [5.41, 5.74) is 8.11. The molecule has 0 aliphatic rings. The number of benzene rings is 1. The lowest BCUT2D eigenvalue weighted by molar-refractivity contribution is 0.354. The Kier molecular flexibility index (Phi) is 4.62. The molecule has 0 unspecified atom stereocenters. The average molecular weight is 292 g/mol. The molecule has 0 aliphatic carbocycles. The third kappa shape index (κ3) is 3.11. The molecule has 0 fully saturated rings. The highest BCUT2D eigenvalue weighted by molar-refractivity contribution is 7.11. The summed E-state index contributed by atoms with van der Waals surface area (Å²) in [6.45, 7) is 3.99. The summed E-state index contributed by atoms with van der Waals surface area (Å²) in [6.07, 6.45) is 0.776. The van der Waals surface area contributed by atoms with Gasteiger partial charge in [0.1, 0.15) is 0 Å². The van der Waals surface area contributed by atoms with Gasteiger partial charge in [-0.1, -0.05) is 6.07 Å². The first-order valence-electron chi connectivity index (χ1n) is 6.47. The molecule has 108 valence electrons. The fourth-order valence-corrected chi connectivity index (χ4v) is 3.18. The van der Waals surface area contributed by atoms with Crippen LogP contribution in [0.1, 0.15) is 34.1 Å². The number of nitrogens with two attached hydrogens (primary N) is 1. The van der Waals surface area contributed by atoms with Crippen LogP contribution < -0.4 is 15.2 Å². The minimum Gasteiger partial charge on any atom is -0.493 e. The van der Waals surface area contributed by atoms with Gasteiger partial charge in [-0.15, -0.1) is 11.3 Å². The van der Waals surface area contributed by atoms with Crippen LogP contribution in [0.3, 0.4) is 0 Å². The number of methoxy groups -OCH3 is 2. The van der Waals surface area contributed by atoms with Gasteiger partial charge in [0.25, 0.3) is 0 Å². The fraction of sp³-hybridized carbons (Fsp3) is 0.400. The van der Waals surface area contributed by atoms with Crippen molar-refractivity contribution in [2.45, 2.75) is 26.3 Å². The highest BCUT2D eigenvalue weighted by Gasteiger charge is 2.12. The summed E-state index contributed by atoms with van der Waals surface area (Å²) >= 11 is 1.68. The lowest BCUT2D eigenvalue weighted by Gasteiger charge is -2.08. The van der Waals surface area contributed by atoms with Crippen molar-refractivity contribution in [3.63, 3.8) is 0 Å². The number of thiazole rings is 1. The summed E-state index contributed by atoms with van der Waals surface area (Å²) in [5.74, 6) is 1.48. The van der Waals surface area contributed by atoms with E-state index in [2.05, 4.69) is 4.98 Å². The van der Waals surface area contributed by atoms with E-state index in [1.165, 1.54) is 0 Å². The number of ether oxygens (including phenoxy) is 2. The zero-order valence-electron chi connectivity index (χ0n) is 12.3. The monoisotopic (exact) mass is 292 g/mol. The molecule has 2 aromatic rings. The highest BCUT2D eigenvalue weighted by Crippen LogP contribution is 2.30. The fourth-order valence-electron chi connectivity index (χ4n) is 2.13.